The molecular weight excluding hydrogens is 438 g/mol. The Morgan fingerprint density at radius 3 is 2.43 bits per heavy atom. The van der Waals surface area contributed by atoms with Crippen molar-refractivity contribution in [2.75, 3.05) is 31.1 Å². The van der Waals surface area contributed by atoms with Crippen LogP contribution in [-0.4, -0.2) is 58.2 Å². The maximum absolute atomic E-state index is 12.6. The van der Waals surface area contributed by atoms with Crippen molar-refractivity contribution in [2.45, 2.75) is 64.3 Å². The summed E-state index contributed by atoms with van der Waals surface area (Å²) in [6.45, 7) is 6.60. The summed E-state index contributed by atoms with van der Waals surface area (Å²) >= 11 is 0. The fourth-order valence-electron chi connectivity index (χ4n) is 5.68. The number of carbonyl (C=O) groups excluding carboxylic acids is 1. The van der Waals surface area contributed by atoms with Crippen molar-refractivity contribution in [3.8, 4) is 0 Å². The van der Waals surface area contributed by atoms with E-state index in [0.29, 0.717) is 16.6 Å². The second-order valence-corrected chi connectivity index (χ2v) is 10.1. The summed E-state index contributed by atoms with van der Waals surface area (Å²) in [5.74, 6) is 0.523. The second-order valence-electron chi connectivity index (χ2n) is 10.1. The van der Waals surface area contributed by atoms with E-state index in [1.54, 1.807) is 0 Å². The van der Waals surface area contributed by atoms with Crippen molar-refractivity contribution in [3.05, 3.63) is 54.1 Å². The fourth-order valence-corrected chi connectivity index (χ4v) is 5.68. The first-order chi connectivity index (χ1) is 17.2. The molecule has 7 heteroatoms. The molecule has 186 valence electrons. The van der Waals surface area contributed by atoms with Gasteiger partial charge in [-0.05, 0) is 73.2 Å². The molecule has 1 saturated heterocycles. The largest absolute Gasteiger partial charge is 0.369 e. The Bertz CT molecular complexity index is 1100. The van der Waals surface area contributed by atoms with E-state index in [9.17, 15) is 4.79 Å². The highest BCUT2D eigenvalue weighted by Gasteiger charge is 2.28. The molecule has 5 rings (SSSR count). The van der Waals surface area contributed by atoms with Gasteiger partial charge in [0.15, 0.2) is 0 Å². The summed E-state index contributed by atoms with van der Waals surface area (Å²) in [5.41, 5.74) is 3.02. The van der Waals surface area contributed by atoms with Crippen molar-refractivity contribution in [1.82, 2.24) is 20.1 Å². The quantitative estimate of drug-likeness (QED) is 0.339. The third-order valence-corrected chi connectivity index (χ3v) is 7.82. The summed E-state index contributed by atoms with van der Waals surface area (Å²) in [4.78, 5) is 24.4. The van der Waals surface area contributed by atoms with Crippen LogP contribution in [0.5, 0.6) is 0 Å². The van der Waals surface area contributed by atoms with Crippen LogP contribution < -0.4 is 9.74 Å². The first-order valence-electron chi connectivity index (χ1n) is 13.3. The Kier molecular flexibility index (Phi) is 7.62. The molecule has 0 N–H and O–H groups in total. The molecule has 7 nitrogen and oxygen atoms in total. The lowest BCUT2D eigenvalue weighted by atomic mass is 9.82. The molecule has 0 radical (unpaired) electrons. The standard InChI is InChI=1S/C28H37N5O2/c1-2-3-4-7-22-10-14-24(15-11-22)31-18-20-32(21-19-31)25-16-12-23(13-17-25)28(34)35-33-27-9-6-5-8-26(27)29-30-33/h5-6,8-9,12-13,16-17,22,24H,2-4,7,10-11,14-15,18-21H2,1H3. The van der Waals surface area contributed by atoms with Crippen molar-refractivity contribution < 1.29 is 9.63 Å². The number of benzene rings is 2. The van der Waals surface area contributed by atoms with E-state index in [2.05, 4.69) is 27.0 Å². The normalized spacial score (nSPS) is 21.3. The summed E-state index contributed by atoms with van der Waals surface area (Å²) < 4.78 is 0. The summed E-state index contributed by atoms with van der Waals surface area (Å²) in [6.07, 6.45) is 11.1. The van der Waals surface area contributed by atoms with Gasteiger partial charge in [0.1, 0.15) is 11.0 Å². The van der Waals surface area contributed by atoms with Gasteiger partial charge < -0.3 is 9.74 Å². The molecule has 2 heterocycles. The zero-order valence-electron chi connectivity index (χ0n) is 20.8. The van der Waals surface area contributed by atoms with Gasteiger partial charge in [-0.25, -0.2) is 4.79 Å². The number of para-hydroxylation sites is 1. The minimum Gasteiger partial charge on any atom is -0.369 e. The molecule has 2 fully saturated rings. The molecule has 35 heavy (non-hydrogen) atoms. The van der Waals surface area contributed by atoms with Crippen molar-refractivity contribution >= 4 is 22.7 Å². The predicted octanol–water partition coefficient (Wildman–Crippen LogP) is 4.96. The number of unbranched alkanes of at least 4 members (excludes halogenated alkanes) is 2. The lowest BCUT2D eigenvalue weighted by Gasteiger charge is -2.42. The summed E-state index contributed by atoms with van der Waals surface area (Å²) in [5, 5.41) is 7.95. The third-order valence-electron chi connectivity index (χ3n) is 7.82. The molecule has 1 aliphatic heterocycles. The zero-order valence-corrected chi connectivity index (χ0v) is 20.8. The van der Waals surface area contributed by atoms with Crippen LogP contribution >= 0.6 is 0 Å². The topological polar surface area (TPSA) is 63.5 Å². The van der Waals surface area contributed by atoms with Crippen molar-refractivity contribution in [3.63, 3.8) is 0 Å². The molecule has 3 aromatic rings. The highest BCUT2D eigenvalue weighted by Crippen LogP contribution is 2.32. The predicted molar refractivity (Wildman–Crippen MR) is 139 cm³/mol. The van der Waals surface area contributed by atoms with Gasteiger partial charge in [-0.15, -0.1) is 5.10 Å². The van der Waals surface area contributed by atoms with Crippen LogP contribution in [0.15, 0.2) is 48.5 Å². The van der Waals surface area contributed by atoms with E-state index in [1.165, 1.54) is 56.2 Å². The molecule has 1 aliphatic carbocycles. The molecule has 1 aromatic heterocycles. The number of aromatic nitrogens is 3. The molecule has 0 bridgehead atoms. The number of hydrogen-bond donors (Lipinski definition) is 0. The molecule has 1 saturated carbocycles. The number of carbonyl (C=O) groups is 1. The van der Waals surface area contributed by atoms with E-state index in [1.807, 2.05) is 48.5 Å². The Morgan fingerprint density at radius 2 is 1.69 bits per heavy atom. The molecular formula is C28H37N5O2. The van der Waals surface area contributed by atoms with E-state index >= 15 is 0 Å². The first kappa shape index (κ1) is 23.8. The smallest absolute Gasteiger partial charge is 0.365 e. The summed E-state index contributed by atoms with van der Waals surface area (Å²) in [7, 11) is 0. The van der Waals surface area contributed by atoms with Crippen LogP contribution in [0.3, 0.4) is 0 Å². The number of hydrogen-bond acceptors (Lipinski definition) is 6. The van der Waals surface area contributed by atoms with E-state index in [0.717, 1.165) is 43.8 Å². The van der Waals surface area contributed by atoms with Crippen LogP contribution in [0.2, 0.25) is 0 Å². The van der Waals surface area contributed by atoms with Gasteiger partial charge >= 0.3 is 5.97 Å². The Hall–Kier alpha value is -2.93. The van der Waals surface area contributed by atoms with Crippen LogP contribution in [0.4, 0.5) is 5.69 Å². The van der Waals surface area contributed by atoms with Gasteiger partial charge in [0.25, 0.3) is 0 Å². The van der Waals surface area contributed by atoms with E-state index in [4.69, 9.17) is 4.84 Å². The van der Waals surface area contributed by atoms with E-state index in [-0.39, 0.29) is 0 Å². The fraction of sp³-hybridized carbons (Fsp3) is 0.536. The SMILES string of the molecule is CCCCCC1CCC(N2CCN(c3ccc(C(=O)On4nnc5ccccc54)cc3)CC2)CC1. The molecule has 0 atom stereocenters. The average molecular weight is 476 g/mol. The Balaban J connectivity index is 1.10. The van der Waals surface area contributed by atoms with Gasteiger partial charge in [-0.3, -0.25) is 4.90 Å². The first-order valence-corrected chi connectivity index (χ1v) is 13.3. The van der Waals surface area contributed by atoms with Gasteiger partial charge in [-0.2, -0.15) is 0 Å². The lowest BCUT2D eigenvalue weighted by Crippen LogP contribution is -2.51. The number of rotatable bonds is 8. The van der Waals surface area contributed by atoms with Crippen molar-refractivity contribution in [2.24, 2.45) is 5.92 Å². The molecule has 0 amide bonds. The van der Waals surface area contributed by atoms with E-state index < -0.39 is 5.97 Å². The number of nitrogens with zero attached hydrogens (tertiary/aromatic N) is 5. The van der Waals surface area contributed by atoms with Gasteiger partial charge in [0.05, 0.1) is 5.56 Å². The van der Waals surface area contributed by atoms with Gasteiger partial charge in [0.2, 0.25) is 0 Å². The van der Waals surface area contributed by atoms with Crippen LogP contribution in [0.1, 0.15) is 68.6 Å². The van der Waals surface area contributed by atoms with Gasteiger partial charge in [0, 0.05) is 37.9 Å². The second kappa shape index (κ2) is 11.2. The zero-order chi connectivity index (χ0) is 24.0. The maximum atomic E-state index is 12.6. The Labute approximate surface area is 208 Å². The minimum atomic E-state index is -0.442. The third kappa shape index (κ3) is 5.67. The molecule has 0 unspecified atom stereocenters. The highest BCUT2D eigenvalue weighted by molar-refractivity contribution is 5.90. The van der Waals surface area contributed by atoms with Gasteiger partial charge in [-0.1, -0.05) is 49.6 Å². The molecule has 2 aromatic carbocycles. The maximum Gasteiger partial charge on any atom is 0.365 e. The molecule has 2 aliphatic rings. The van der Waals surface area contributed by atoms with Crippen LogP contribution in [-0.2, 0) is 0 Å². The Morgan fingerprint density at radius 1 is 0.943 bits per heavy atom. The summed E-state index contributed by atoms with van der Waals surface area (Å²) in [6, 6.07) is 15.9. The number of piperazine rings is 1. The number of fused-ring (bicyclic) bond motifs is 1. The highest BCUT2D eigenvalue weighted by atomic mass is 16.7. The van der Waals surface area contributed by atoms with Crippen LogP contribution in [0, 0.1) is 5.92 Å². The van der Waals surface area contributed by atoms with Crippen molar-refractivity contribution in [1.29, 1.82) is 0 Å². The number of anilines is 1. The monoisotopic (exact) mass is 475 g/mol. The van der Waals surface area contributed by atoms with Crippen LogP contribution in [0.25, 0.3) is 11.0 Å². The average Bonchev–Trinajstić information content (AvgIpc) is 3.32. The lowest BCUT2D eigenvalue weighted by molar-refractivity contribution is 0.0409. The molecule has 0 spiro atoms. The minimum absolute atomic E-state index is 0.442.